The summed E-state index contributed by atoms with van der Waals surface area (Å²) in [4.78, 5) is 28.7. The number of aryl methyl sites for hydroxylation is 1. The molecule has 0 bridgehead atoms. The molecule has 7 heteroatoms. The van der Waals surface area contributed by atoms with E-state index in [0.717, 1.165) is 16.3 Å². The number of anilines is 2. The Kier molecular flexibility index (Phi) is 4.83. The van der Waals surface area contributed by atoms with E-state index in [0.29, 0.717) is 17.1 Å². The highest BCUT2D eigenvalue weighted by Gasteiger charge is 2.23. The Morgan fingerprint density at radius 1 is 1.25 bits per heavy atom. The van der Waals surface area contributed by atoms with Gasteiger partial charge in [-0.1, -0.05) is 29.8 Å². The Hall–Kier alpha value is -3.19. The molecule has 0 spiro atoms. The van der Waals surface area contributed by atoms with Gasteiger partial charge in [0.15, 0.2) is 6.10 Å². The first-order valence-electron chi connectivity index (χ1n) is 8.91. The average molecular weight is 393 g/mol. The van der Waals surface area contributed by atoms with Crippen molar-refractivity contribution in [1.82, 2.24) is 4.98 Å². The van der Waals surface area contributed by atoms with Crippen molar-refractivity contribution in [3.05, 3.63) is 59.1 Å². The van der Waals surface area contributed by atoms with Gasteiger partial charge in [0.1, 0.15) is 10.8 Å². The highest BCUT2D eigenvalue weighted by Crippen LogP contribution is 2.32. The molecule has 0 saturated heterocycles. The Morgan fingerprint density at radius 2 is 2.04 bits per heavy atom. The number of benzene rings is 2. The minimum Gasteiger partial charge on any atom is -0.479 e. The number of aromatic nitrogens is 1. The smallest absolute Gasteiger partial charge is 0.265 e. The molecule has 2 heterocycles. The zero-order chi connectivity index (χ0) is 19.7. The summed E-state index contributed by atoms with van der Waals surface area (Å²) in [6.45, 7) is 3.73. The second-order valence-corrected chi connectivity index (χ2v) is 7.55. The van der Waals surface area contributed by atoms with Gasteiger partial charge in [0.2, 0.25) is 5.91 Å². The number of nitrogens with zero attached hydrogens (tertiary/aromatic N) is 1. The second kappa shape index (κ2) is 7.44. The van der Waals surface area contributed by atoms with Crippen LogP contribution in [0.5, 0.6) is 5.75 Å². The van der Waals surface area contributed by atoms with E-state index in [1.807, 2.05) is 36.6 Å². The SMILES string of the molecule is Cc1ccc(-c2nc(CC(=O)Nc3ccc4c(c3)NC(=O)C(C)O4)cs2)cc1. The summed E-state index contributed by atoms with van der Waals surface area (Å²) in [6.07, 6.45) is -0.348. The number of rotatable bonds is 4. The van der Waals surface area contributed by atoms with Gasteiger partial charge in [-0.15, -0.1) is 11.3 Å². The van der Waals surface area contributed by atoms with Crippen molar-refractivity contribution in [2.75, 3.05) is 10.6 Å². The van der Waals surface area contributed by atoms with Crippen LogP contribution in [0.1, 0.15) is 18.2 Å². The summed E-state index contributed by atoms with van der Waals surface area (Å²) < 4.78 is 5.52. The van der Waals surface area contributed by atoms with Crippen molar-refractivity contribution in [2.45, 2.75) is 26.4 Å². The molecule has 1 aromatic heterocycles. The number of fused-ring (bicyclic) bond motifs is 1. The van der Waals surface area contributed by atoms with Gasteiger partial charge >= 0.3 is 0 Å². The van der Waals surface area contributed by atoms with Crippen LogP contribution in [0.2, 0.25) is 0 Å². The van der Waals surface area contributed by atoms with E-state index in [2.05, 4.69) is 15.6 Å². The van der Waals surface area contributed by atoms with Crippen molar-refractivity contribution in [2.24, 2.45) is 0 Å². The minimum absolute atomic E-state index is 0.169. The lowest BCUT2D eigenvalue weighted by Crippen LogP contribution is -2.34. The van der Waals surface area contributed by atoms with Crippen LogP contribution in [0.3, 0.4) is 0 Å². The summed E-state index contributed by atoms with van der Waals surface area (Å²) in [6, 6.07) is 13.3. The molecule has 1 unspecified atom stereocenters. The van der Waals surface area contributed by atoms with E-state index in [1.165, 1.54) is 16.9 Å². The van der Waals surface area contributed by atoms with Crippen LogP contribution in [-0.2, 0) is 16.0 Å². The first kappa shape index (κ1) is 18.2. The predicted octanol–water partition coefficient (Wildman–Crippen LogP) is 4.02. The summed E-state index contributed by atoms with van der Waals surface area (Å²) in [5.74, 6) is 0.214. The van der Waals surface area contributed by atoms with Gasteiger partial charge in [0.05, 0.1) is 17.8 Å². The molecule has 4 rings (SSSR count). The minimum atomic E-state index is -0.527. The molecule has 1 aliphatic rings. The van der Waals surface area contributed by atoms with Crippen LogP contribution in [0.15, 0.2) is 47.8 Å². The fraction of sp³-hybridized carbons (Fsp3) is 0.190. The quantitative estimate of drug-likeness (QED) is 0.702. The first-order chi connectivity index (χ1) is 13.5. The van der Waals surface area contributed by atoms with Crippen LogP contribution in [0.4, 0.5) is 11.4 Å². The molecule has 0 saturated carbocycles. The van der Waals surface area contributed by atoms with E-state index < -0.39 is 6.10 Å². The molecule has 28 heavy (non-hydrogen) atoms. The average Bonchev–Trinajstić information content (AvgIpc) is 3.12. The van der Waals surface area contributed by atoms with Crippen LogP contribution in [0, 0.1) is 6.92 Å². The number of hydrogen-bond acceptors (Lipinski definition) is 5. The summed E-state index contributed by atoms with van der Waals surface area (Å²) in [5.41, 5.74) is 4.11. The third-order valence-corrected chi connectivity index (χ3v) is 5.33. The third-order valence-electron chi connectivity index (χ3n) is 4.39. The Morgan fingerprint density at radius 3 is 2.82 bits per heavy atom. The van der Waals surface area contributed by atoms with Gasteiger partial charge in [-0.3, -0.25) is 9.59 Å². The van der Waals surface area contributed by atoms with Gasteiger partial charge in [0.25, 0.3) is 5.91 Å². The lowest BCUT2D eigenvalue weighted by Gasteiger charge is -2.23. The number of amides is 2. The molecule has 1 aliphatic heterocycles. The largest absolute Gasteiger partial charge is 0.479 e. The lowest BCUT2D eigenvalue weighted by atomic mass is 10.2. The van der Waals surface area contributed by atoms with E-state index in [4.69, 9.17) is 4.74 Å². The van der Waals surface area contributed by atoms with E-state index in [-0.39, 0.29) is 18.2 Å². The van der Waals surface area contributed by atoms with Gasteiger partial charge in [-0.2, -0.15) is 0 Å². The monoisotopic (exact) mass is 393 g/mol. The molecule has 6 nitrogen and oxygen atoms in total. The summed E-state index contributed by atoms with van der Waals surface area (Å²) >= 11 is 1.52. The molecule has 2 N–H and O–H groups in total. The molecule has 2 aromatic carbocycles. The van der Waals surface area contributed by atoms with Crippen molar-refractivity contribution in [3.63, 3.8) is 0 Å². The molecule has 3 aromatic rings. The maximum atomic E-state index is 12.4. The number of thiazole rings is 1. The molecule has 1 atom stereocenters. The Bertz CT molecular complexity index is 1040. The highest BCUT2D eigenvalue weighted by molar-refractivity contribution is 7.13. The van der Waals surface area contributed by atoms with Gasteiger partial charge < -0.3 is 15.4 Å². The first-order valence-corrected chi connectivity index (χ1v) is 9.79. The van der Waals surface area contributed by atoms with E-state index in [1.54, 1.807) is 25.1 Å². The fourth-order valence-electron chi connectivity index (χ4n) is 2.87. The number of nitrogens with one attached hydrogen (secondary N) is 2. The van der Waals surface area contributed by atoms with E-state index >= 15 is 0 Å². The number of ether oxygens (including phenoxy) is 1. The van der Waals surface area contributed by atoms with Gasteiger partial charge in [-0.25, -0.2) is 4.98 Å². The van der Waals surface area contributed by atoms with Crippen LogP contribution >= 0.6 is 11.3 Å². The summed E-state index contributed by atoms with van der Waals surface area (Å²) in [7, 11) is 0. The molecule has 0 fully saturated rings. The number of carbonyl (C=O) groups excluding carboxylic acids is 2. The Balaban J connectivity index is 1.42. The number of hydrogen-bond donors (Lipinski definition) is 2. The number of carbonyl (C=O) groups is 2. The van der Waals surface area contributed by atoms with Crippen molar-refractivity contribution in [3.8, 4) is 16.3 Å². The van der Waals surface area contributed by atoms with Crippen molar-refractivity contribution >= 4 is 34.5 Å². The Labute approximate surface area is 166 Å². The molecular weight excluding hydrogens is 374 g/mol. The predicted molar refractivity (Wildman–Crippen MR) is 110 cm³/mol. The van der Waals surface area contributed by atoms with Crippen LogP contribution in [-0.4, -0.2) is 22.9 Å². The lowest BCUT2D eigenvalue weighted by molar-refractivity contribution is -0.122. The molecule has 142 valence electrons. The third kappa shape index (κ3) is 3.89. The standard InChI is InChI=1S/C21H19N3O3S/c1-12-3-5-14(6-4-12)21-23-16(11-28-21)10-19(25)22-15-7-8-18-17(9-15)24-20(26)13(2)27-18/h3-9,11,13H,10H2,1-2H3,(H,22,25)(H,24,26). The van der Waals surface area contributed by atoms with Crippen LogP contribution < -0.4 is 15.4 Å². The molecule has 2 amide bonds. The van der Waals surface area contributed by atoms with Crippen molar-refractivity contribution in [1.29, 1.82) is 0 Å². The van der Waals surface area contributed by atoms with Crippen LogP contribution in [0.25, 0.3) is 10.6 Å². The molecule has 0 aliphatic carbocycles. The maximum absolute atomic E-state index is 12.4. The summed E-state index contributed by atoms with van der Waals surface area (Å²) in [5, 5.41) is 8.41. The maximum Gasteiger partial charge on any atom is 0.265 e. The zero-order valence-electron chi connectivity index (χ0n) is 15.5. The topological polar surface area (TPSA) is 80.3 Å². The van der Waals surface area contributed by atoms with Crippen molar-refractivity contribution < 1.29 is 14.3 Å². The fourth-order valence-corrected chi connectivity index (χ4v) is 3.70. The van der Waals surface area contributed by atoms with Gasteiger partial charge in [0, 0.05) is 16.6 Å². The van der Waals surface area contributed by atoms with Gasteiger partial charge in [-0.05, 0) is 32.0 Å². The molecule has 0 radical (unpaired) electrons. The highest BCUT2D eigenvalue weighted by atomic mass is 32.1. The second-order valence-electron chi connectivity index (χ2n) is 6.70. The zero-order valence-corrected chi connectivity index (χ0v) is 16.3. The normalized spacial score (nSPS) is 15.4. The molecular formula is C21H19N3O3S. The van der Waals surface area contributed by atoms with E-state index in [9.17, 15) is 9.59 Å².